The van der Waals surface area contributed by atoms with Crippen LogP contribution in [0.4, 0.5) is 0 Å². The SMILES string of the molecule is COc1ccccc1C1C(C#N)=C(N)Oc2cc(OC(=O)c3ccc(OC(C)C)cc3)ccc21. The molecule has 1 heterocycles. The van der Waals surface area contributed by atoms with E-state index >= 15 is 0 Å². The van der Waals surface area contributed by atoms with Crippen molar-refractivity contribution in [2.45, 2.75) is 25.9 Å². The lowest BCUT2D eigenvalue weighted by molar-refractivity contribution is 0.0734. The average Bonchev–Trinajstić information content (AvgIpc) is 2.83. The highest BCUT2D eigenvalue weighted by atomic mass is 16.5. The first-order chi connectivity index (χ1) is 16.4. The number of nitrogens with two attached hydrogens (primary N) is 1. The third kappa shape index (κ3) is 4.52. The highest BCUT2D eigenvalue weighted by molar-refractivity contribution is 5.91. The van der Waals surface area contributed by atoms with Crippen molar-refractivity contribution in [3.8, 4) is 29.1 Å². The van der Waals surface area contributed by atoms with Gasteiger partial charge in [0.25, 0.3) is 0 Å². The van der Waals surface area contributed by atoms with Gasteiger partial charge in [-0.05, 0) is 50.2 Å². The second-order valence-corrected chi connectivity index (χ2v) is 7.95. The Labute approximate surface area is 197 Å². The zero-order chi connectivity index (χ0) is 24.2. The molecule has 7 nitrogen and oxygen atoms in total. The van der Waals surface area contributed by atoms with Crippen LogP contribution in [0.1, 0.15) is 41.3 Å². The van der Waals surface area contributed by atoms with Crippen molar-refractivity contribution in [2.75, 3.05) is 7.11 Å². The van der Waals surface area contributed by atoms with Crippen molar-refractivity contribution in [1.82, 2.24) is 0 Å². The number of carbonyl (C=O) groups excluding carboxylic acids is 1. The van der Waals surface area contributed by atoms with Gasteiger partial charge in [0.2, 0.25) is 5.88 Å². The summed E-state index contributed by atoms with van der Waals surface area (Å²) in [5.41, 5.74) is 8.25. The first-order valence-corrected chi connectivity index (χ1v) is 10.7. The van der Waals surface area contributed by atoms with Gasteiger partial charge in [-0.2, -0.15) is 5.26 Å². The van der Waals surface area contributed by atoms with Crippen LogP contribution >= 0.6 is 0 Å². The fourth-order valence-electron chi connectivity index (χ4n) is 3.83. The Hall–Kier alpha value is -4.44. The normalized spacial score (nSPS) is 14.6. The molecule has 0 radical (unpaired) electrons. The number of nitrogens with zero attached hydrogens (tertiary/aromatic N) is 1. The molecule has 3 aromatic carbocycles. The van der Waals surface area contributed by atoms with E-state index in [1.807, 2.05) is 38.1 Å². The minimum atomic E-state index is -0.519. The molecule has 0 aliphatic carbocycles. The predicted molar refractivity (Wildman–Crippen MR) is 126 cm³/mol. The summed E-state index contributed by atoms with van der Waals surface area (Å²) in [7, 11) is 1.57. The molecule has 0 bridgehead atoms. The summed E-state index contributed by atoms with van der Waals surface area (Å²) in [4.78, 5) is 12.7. The van der Waals surface area contributed by atoms with E-state index in [0.29, 0.717) is 34.1 Å². The van der Waals surface area contributed by atoms with Crippen molar-refractivity contribution >= 4 is 5.97 Å². The number of esters is 1. The van der Waals surface area contributed by atoms with E-state index in [4.69, 9.17) is 24.7 Å². The Morgan fingerprint density at radius 1 is 1.03 bits per heavy atom. The van der Waals surface area contributed by atoms with Gasteiger partial charge in [0.05, 0.1) is 24.7 Å². The second kappa shape index (κ2) is 9.59. The number of ether oxygens (including phenoxy) is 4. The molecular weight excluding hydrogens is 432 g/mol. The minimum absolute atomic E-state index is 0.00451. The molecule has 3 aromatic rings. The third-order valence-corrected chi connectivity index (χ3v) is 5.31. The smallest absolute Gasteiger partial charge is 0.343 e. The topological polar surface area (TPSA) is 104 Å². The van der Waals surface area contributed by atoms with Gasteiger partial charge in [0, 0.05) is 17.2 Å². The summed E-state index contributed by atoms with van der Waals surface area (Å²) in [6.45, 7) is 3.86. The summed E-state index contributed by atoms with van der Waals surface area (Å²) < 4.78 is 22.4. The van der Waals surface area contributed by atoms with Crippen LogP contribution in [0.15, 0.2) is 78.2 Å². The van der Waals surface area contributed by atoms with Crippen LogP contribution < -0.4 is 24.7 Å². The summed E-state index contributed by atoms with van der Waals surface area (Å²) >= 11 is 0. The molecule has 7 heteroatoms. The molecule has 1 aliphatic rings. The summed E-state index contributed by atoms with van der Waals surface area (Å²) in [5.74, 6) is 0.984. The Balaban J connectivity index is 1.63. The van der Waals surface area contributed by atoms with E-state index in [9.17, 15) is 10.1 Å². The predicted octanol–water partition coefficient (Wildman–Crippen LogP) is 4.92. The quantitative estimate of drug-likeness (QED) is 0.415. The molecule has 0 saturated heterocycles. The van der Waals surface area contributed by atoms with Gasteiger partial charge >= 0.3 is 5.97 Å². The Bertz CT molecular complexity index is 1290. The van der Waals surface area contributed by atoms with Crippen LogP contribution in [0.2, 0.25) is 0 Å². The van der Waals surface area contributed by atoms with Crippen molar-refractivity contribution in [2.24, 2.45) is 5.73 Å². The number of benzene rings is 3. The van der Waals surface area contributed by atoms with Gasteiger partial charge in [-0.1, -0.05) is 24.3 Å². The van der Waals surface area contributed by atoms with Crippen LogP contribution in [0, 0.1) is 11.3 Å². The number of hydrogen-bond donors (Lipinski definition) is 1. The van der Waals surface area contributed by atoms with E-state index in [0.717, 1.165) is 5.56 Å². The van der Waals surface area contributed by atoms with E-state index < -0.39 is 11.9 Å². The molecule has 172 valence electrons. The van der Waals surface area contributed by atoms with Gasteiger partial charge in [0.15, 0.2) is 0 Å². The number of methoxy groups -OCH3 is 1. The maximum absolute atomic E-state index is 12.7. The van der Waals surface area contributed by atoms with Gasteiger partial charge < -0.3 is 24.7 Å². The standard InChI is InChI=1S/C27H24N2O5/c1-16(2)32-18-10-8-17(9-11-18)27(30)33-19-12-13-21-24(14-19)34-26(29)22(15-28)25(21)20-6-4-5-7-23(20)31-3/h4-14,16,25H,29H2,1-3H3. The van der Waals surface area contributed by atoms with Crippen LogP contribution in [-0.2, 0) is 0 Å². The van der Waals surface area contributed by atoms with Gasteiger partial charge in [-0.15, -0.1) is 0 Å². The Kier molecular flexibility index (Phi) is 6.42. The molecular formula is C27H24N2O5. The number of carbonyl (C=O) groups is 1. The van der Waals surface area contributed by atoms with Crippen molar-refractivity contribution in [3.63, 3.8) is 0 Å². The van der Waals surface area contributed by atoms with Gasteiger partial charge in [0.1, 0.15) is 34.6 Å². The maximum Gasteiger partial charge on any atom is 0.343 e. The van der Waals surface area contributed by atoms with Crippen LogP contribution in [0.5, 0.6) is 23.0 Å². The van der Waals surface area contributed by atoms with Crippen molar-refractivity contribution in [3.05, 3.63) is 94.9 Å². The summed E-state index contributed by atoms with van der Waals surface area (Å²) in [5, 5.41) is 9.76. The second-order valence-electron chi connectivity index (χ2n) is 7.95. The summed E-state index contributed by atoms with van der Waals surface area (Å²) in [6, 6.07) is 21.3. The number of para-hydroxylation sites is 1. The molecule has 2 N–H and O–H groups in total. The Morgan fingerprint density at radius 3 is 2.41 bits per heavy atom. The number of hydrogen-bond acceptors (Lipinski definition) is 7. The fraction of sp³-hybridized carbons (Fsp3) is 0.185. The largest absolute Gasteiger partial charge is 0.496 e. The molecule has 0 aromatic heterocycles. The van der Waals surface area contributed by atoms with Crippen molar-refractivity contribution < 1.29 is 23.7 Å². The lowest BCUT2D eigenvalue weighted by atomic mass is 9.83. The molecule has 1 atom stereocenters. The van der Waals surface area contributed by atoms with Crippen LogP contribution in [0.25, 0.3) is 0 Å². The molecule has 0 saturated carbocycles. The molecule has 0 amide bonds. The van der Waals surface area contributed by atoms with Gasteiger partial charge in [-0.3, -0.25) is 0 Å². The average molecular weight is 456 g/mol. The van der Waals surface area contributed by atoms with Crippen molar-refractivity contribution in [1.29, 1.82) is 5.26 Å². The fourth-order valence-corrected chi connectivity index (χ4v) is 3.83. The molecule has 4 rings (SSSR count). The van der Waals surface area contributed by atoms with E-state index in [1.165, 1.54) is 0 Å². The first-order valence-electron chi connectivity index (χ1n) is 10.7. The van der Waals surface area contributed by atoms with E-state index in [1.54, 1.807) is 49.6 Å². The lowest BCUT2D eigenvalue weighted by Gasteiger charge is -2.27. The highest BCUT2D eigenvalue weighted by Crippen LogP contribution is 2.45. The molecule has 0 fully saturated rings. The maximum atomic E-state index is 12.7. The molecule has 1 unspecified atom stereocenters. The van der Waals surface area contributed by atoms with Crippen LogP contribution in [-0.4, -0.2) is 19.2 Å². The zero-order valence-electron chi connectivity index (χ0n) is 19.1. The number of allylic oxidation sites excluding steroid dienone is 1. The third-order valence-electron chi connectivity index (χ3n) is 5.31. The van der Waals surface area contributed by atoms with E-state index in [2.05, 4.69) is 6.07 Å². The Morgan fingerprint density at radius 2 is 1.74 bits per heavy atom. The first kappa shape index (κ1) is 22.7. The molecule has 0 spiro atoms. The minimum Gasteiger partial charge on any atom is -0.496 e. The zero-order valence-corrected chi connectivity index (χ0v) is 19.1. The van der Waals surface area contributed by atoms with Crippen LogP contribution in [0.3, 0.4) is 0 Å². The summed E-state index contributed by atoms with van der Waals surface area (Å²) in [6.07, 6.45) is 0.0380. The lowest BCUT2D eigenvalue weighted by Crippen LogP contribution is -2.21. The molecule has 34 heavy (non-hydrogen) atoms. The van der Waals surface area contributed by atoms with E-state index in [-0.39, 0.29) is 17.6 Å². The number of fused-ring (bicyclic) bond motifs is 1. The van der Waals surface area contributed by atoms with Gasteiger partial charge in [-0.25, -0.2) is 4.79 Å². The number of rotatable bonds is 6. The molecule has 1 aliphatic heterocycles. The monoisotopic (exact) mass is 456 g/mol. The highest BCUT2D eigenvalue weighted by Gasteiger charge is 2.32. The number of nitriles is 1.